The Morgan fingerprint density at radius 1 is 1.07 bits per heavy atom. The van der Waals surface area contributed by atoms with Crippen LogP contribution in [0, 0.1) is 11.8 Å². The molecule has 1 amide bonds. The number of sulfonamides is 1. The normalized spacial score (nSPS) is 24.8. The van der Waals surface area contributed by atoms with Gasteiger partial charge >= 0.3 is 0 Å². The molecular formula is C19H30ClN3O3S. The molecule has 0 bridgehead atoms. The average Bonchev–Trinajstić information content (AvgIpc) is 2.62. The van der Waals surface area contributed by atoms with E-state index < -0.39 is 10.0 Å². The Morgan fingerprint density at radius 2 is 1.63 bits per heavy atom. The van der Waals surface area contributed by atoms with Crippen LogP contribution in [0.3, 0.4) is 0 Å². The topological polar surface area (TPSA) is 78.5 Å². The summed E-state index contributed by atoms with van der Waals surface area (Å²) in [5, 5.41) is 6.30. The second kappa shape index (κ2) is 9.37. The zero-order chi connectivity index (χ0) is 18.7. The van der Waals surface area contributed by atoms with Gasteiger partial charge in [0, 0.05) is 24.7 Å². The van der Waals surface area contributed by atoms with Crippen LogP contribution in [0.2, 0.25) is 0 Å². The highest BCUT2D eigenvalue weighted by atomic mass is 35.5. The maximum absolute atomic E-state index is 12.9. The largest absolute Gasteiger partial charge is 0.349 e. The van der Waals surface area contributed by atoms with Crippen LogP contribution in [-0.2, 0) is 10.0 Å². The maximum Gasteiger partial charge on any atom is 0.251 e. The van der Waals surface area contributed by atoms with Gasteiger partial charge in [-0.3, -0.25) is 4.79 Å². The monoisotopic (exact) mass is 415 g/mol. The molecule has 27 heavy (non-hydrogen) atoms. The predicted molar refractivity (Wildman–Crippen MR) is 109 cm³/mol. The first-order valence-electron chi connectivity index (χ1n) is 9.48. The first-order chi connectivity index (χ1) is 12.4. The van der Waals surface area contributed by atoms with Crippen molar-refractivity contribution in [2.75, 3.05) is 26.2 Å². The molecule has 2 aliphatic rings. The van der Waals surface area contributed by atoms with Gasteiger partial charge in [-0.05, 0) is 68.5 Å². The lowest BCUT2D eigenvalue weighted by Gasteiger charge is -2.34. The first kappa shape index (κ1) is 22.1. The molecule has 2 N–H and O–H groups in total. The minimum absolute atomic E-state index is 0. The summed E-state index contributed by atoms with van der Waals surface area (Å²) in [6.07, 6.45) is 2.90. The Hall–Kier alpha value is -1.15. The Labute approximate surface area is 168 Å². The number of nitrogens with one attached hydrogen (secondary N) is 2. The van der Waals surface area contributed by atoms with Crippen LogP contribution in [0.25, 0.3) is 0 Å². The van der Waals surface area contributed by atoms with E-state index in [4.69, 9.17) is 0 Å². The minimum atomic E-state index is -3.50. The SMILES string of the molecule is CC1CC(C)CN(S(=O)(=O)c2ccc(C(=O)NC3CCNCC3)cc2)C1.Cl. The first-order valence-corrected chi connectivity index (χ1v) is 10.9. The van der Waals surface area contributed by atoms with Gasteiger partial charge in [0.2, 0.25) is 10.0 Å². The summed E-state index contributed by atoms with van der Waals surface area (Å²) in [7, 11) is -3.50. The van der Waals surface area contributed by atoms with E-state index in [1.807, 2.05) is 0 Å². The van der Waals surface area contributed by atoms with Crippen molar-refractivity contribution in [3.63, 3.8) is 0 Å². The number of rotatable bonds is 4. The second-order valence-electron chi connectivity index (χ2n) is 7.79. The number of benzene rings is 1. The number of amides is 1. The van der Waals surface area contributed by atoms with Crippen molar-refractivity contribution in [3.8, 4) is 0 Å². The van der Waals surface area contributed by atoms with Crippen molar-refractivity contribution in [1.82, 2.24) is 14.9 Å². The molecule has 2 saturated heterocycles. The van der Waals surface area contributed by atoms with Crippen molar-refractivity contribution in [3.05, 3.63) is 29.8 Å². The number of carbonyl (C=O) groups is 1. The predicted octanol–water partition coefficient (Wildman–Crippen LogP) is 2.26. The zero-order valence-electron chi connectivity index (χ0n) is 16.0. The lowest BCUT2D eigenvalue weighted by atomic mass is 9.94. The summed E-state index contributed by atoms with van der Waals surface area (Å²) >= 11 is 0. The zero-order valence-corrected chi connectivity index (χ0v) is 17.6. The van der Waals surface area contributed by atoms with Crippen molar-refractivity contribution < 1.29 is 13.2 Å². The summed E-state index contributed by atoms with van der Waals surface area (Å²) in [6.45, 7) is 7.12. The third-order valence-electron chi connectivity index (χ3n) is 5.26. The summed E-state index contributed by atoms with van der Waals surface area (Å²) in [6, 6.07) is 6.51. The number of halogens is 1. The Bertz CT molecular complexity index is 723. The van der Waals surface area contributed by atoms with Gasteiger partial charge in [-0.1, -0.05) is 13.8 Å². The molecule has 6 nitrogen and oxygen atoms in total. The maximum atomic E-state index is 12.9. The molecule has 2 aliphatic heterocycles. The van der Waals surface area contributed by atoms with Crippen LogP contribution in [0.15, 0.2) is 29.2 Å². The third kappa shape index (κ3) is 5.44. The Balaban J connectivity index is 0.00000261. The number of hydrogen-bond acceptors (Lipinski definition) is 4. The second-order valence-corrected chi connectivity index (χ2v) is 9.73. The van der Waals surface area contributed by atoms with Crippen LogP contribution in [0.5, 0.6) is 0 Å². The van der Waals surface area contributed by atoms with Gasteiger partial charge in [0.05, 0.1) is 4.90 Å². The van der Waals surface area contributed by atoms with Gasteiger partial charge < -0.3 is 10.6 Å². The van der Waals surface area contributed by atoms with Crippen molar-refractivity contribution in [2.45, 2.75) is 44.0 Å². The van der Waals surface area contributed by atoms with E-state index in [0.29, 0.717) is 30.5 Å². The molecule has 2 heterocycles. The van der Waals surface area contributed by atoms with E-state index >= 15 is 0 Å². The van der Waals surface area contributed by atoms with E-state index in [2.05, 4.69) is 24.5 Å². The number of carbonyl (C=O) groups excluding carboxylic acids is 1. The smallest absolute Gasteiger partial charge is 0.251 e. The quantitative estimate of drug-likeness (QED) is 0.790. The lowest BCUT2D eigenvalue weighted by Crippen LogP contribution is -2.43. The van der Waals surface area contributed by atoms with Crippen LogP contribution >= 0.6 is 12.4 Å². The summed E-state index contributed by atoms with van der Waals surface area (Å²) in [5.74, 6) is 0.591. The number of nitrogens with zero attached hydrogens (tertiary/aromatic N) is 1. The highest BCUT2D eigenvalue weighted by Gasteiger charge is 2.31. The fourth-order valence-corrected chi connectivity index (χ4v) is 5.64. The molecule has 2 fully saturated rings. The van der Waals surface area contributed by atoms with Gasteiger partial charge in [-0.25, -0.2) is 8.42 Å². The van der Waals surface area contributed by atoms with Crippen molar-refractivity contribution >= 4 is 28.3 Å². The number of piperidine rings is 2. The molecule has 1 aromatic carbocycles. The number of hydrogen-bond donors (Lipinski definition) is 2. The van der Waals surface area contributed by atoms with E-state index in [0.717, 1.165) is 32.4 Å². The molecule has 2 atom stereocenters. The van der Waals surface area contributed by atoms with Gasteiger partial charge in [-0.2, -0.15) is 4.31 Å². The average molecular weight is 416 g/mol. The van der Waals surface area contributed by atoms with Gasteiger partial charge in [-0.15, -0.1) is 12.4 Å². The van der Waals surface area contributed by atoms with Gasteiger partial charge in [0.25, 0.3) is 5.91 Å². The van der Waals surface area contributed by atoms with Crippen LogP contribution in [0.4, 0.5) is 0 Å². The molecule has 8 heteroatoms. The highest BCUT2D eigenvalue weighted by molar-refractivity contribution is 7.89. The van der Waals surface area contributed by atoms with E-state index in [-0.39, 0.29) is 29.3 Å². The molecule has 0 aliphatic carbocycles. The molecule has 0 aromatic heterocycles. The van der Waals surface area contributed by atoms with Crippen molar-refractivity contribution in [2.24, 2.45) is 11.8 Å². The fraction of sp³-hybridized carbons (Fsp3) is 0.632. The van der Waals surface area contributed by atoms with Crippen molar-refractivity contribution in [1.29, 1.82) is 0 Å². The summed E-state index contributed by atoms with van der Waals surface area (Å²) in [4.78, 5) is 12.6. The van der Waals surface area contributed by atoms with Crippen LogP contribution in [-0.4, -0.2) is 50.9 Å². The van der Waals surface area contributed by atoms with Gasteiger partial charge in [0.1, 0.15) is 0 Å². The van der Waals surface area contributed by atoms with E-state index in [1.54, 1.807) is 28.6 Å². The van der Waals surface area contributed by atoms with E-state index in [1.165, 1.54) is 0 Å². The lowest BCUT2D eigenvalue weighted by molar-refractivity contribution is 0.0929. The Morgan fingerprint density at radius 3 is 2.19 bits per heavy atom. The van der Waals surface area contributed by atoms with Crippen LogP contribution < -0.4 is 10.6 Å². The van der Waals surface area contributed by atoms with Gasteiger partial charge in [0.15, 0.2) is 0 Å². The standard InChI is InChI=1S/C19H29N3O3S.ClH/c1-14-11-15(2)13-22(12-14)26(24,25)18-5-3-16(4-6-18)19(23)21-17-7-9-20-10-8-17;/h3-6,14-15,17,20H,7-13H2,1-2H3,(H,21,23);1H. The summed E-state index contributed by atoms with van der Waals surface area (Å²) in [5.41, 5.74) is 0.503. The molecule has 0 saturated carbocycles. The Kier molecular flexibility index (Phi) is 7.68. The minimum Gasteiger partial charge on any atom is -0.349 e. The highest BCUT2D eigenvalue weighted by Crippen LogP contribution is 2.26. The van der Waals surface area contributed by atoms with Crippen LogP contribution in [0.1, 0.15) is 43.5 Å². The third-order valence-corrected chi connectivity index (χ3v) is 7.11. The molecular weight excluding hydrogens is 386 g/mol. The molecule has 1 aromatic rings. The molecule has 2 unspecified atom stereocenters. The fourth-order valence-electron chi connectivity index (χ4n) is 3.96. The molecule has 152 valence electrons. The molecule has 0 spiro atoms. The molecule has 3 rings (SSSR count). The summed E-state index contributed by atoms with van der Waals surface area (Å²) < 4.78 is 27.4. The van der Waals surface area contributed by atoms with E-state index in [9.17, 15) is 13.2 Å². The molecule has 0 radical (unpaired) electrons.